The Bertz CT molecular complexity index is 1000. The number of fused-ring (bicyclic) bond motifs is 1. The Hall–Kier alpha value is -2.75. The molecule has 154 valence electrons. The van der Waals surface area contributed by atoms with Crippen LogP contribution in [0.4, 0.5) is 23.4 Å². The molecule has 0 radical (unpaired) electrons. The molecule has 0 amide bonds. The smallest absolute Gasteiger partial charge is 0.353 e. The Balaban J connectivity index is 1.51. The molecule has 1 saturated heterocycles. The van der Waals surface area contributed by atoms with E-state index in [9.17, 15) is 17.6 Å². The standard InChI is InChI=1S/C19H20F4N6/c1-18(2,13-3-5-14(20)6-4-13)28-11-9-27(10-12-28)16-8-7-15-24-25-17(19(21,22)23)29(15)26-16/h3-8H,9-12H2,1-2H3. The second-order valence-electron chi connectivity index (χ2n) is 7.52. The Morgan fingerprint density at radius 2 is 1.52 bits per heavy atom. The van der Waals surface area contributed by atoms with E-state index in [0.29, 0.717) is 32.0 Å². The van der Waals surface area contributed by atoms with Gasteiger partial charge in [0, 0.05) is 31.7 Å². The van der Waals surface area contributed by atoms with Crippen LogP contribution >= 0.6 is 0 Å². The van der Waals surface area contributed by atoms with Crippen LogP contribution in [0.3, 0.4) is 0 Å². The molecule has 2 aromatic heterocycles. The van der Waals surface area contributed by atoms with Gasteiger partial charge in [-0.25, -0.2) is 4.39 Å². The van der Waals surface area contributed by atoms with Crippen molar-refractivity contribution in [2.75, 3.05) is 31.1 Å². The van der Waals surface area contributed by atoms with E-state index >= 15 is 0 Å². The fourth-order valence-corrected chi connectivity index (χ4v) is 3.66. The van der Waals surface area contributed by atoms with Crippen LogP contribution < -0.4 is 4.90 Å². The zero-order valence-corrected chi connectivity index (χ0v) is 16.0. The fourth-order valence-electron chi connectivity index (χ4n) is 3.66. The number of halogens is 4. The summed E-state index contributed by atoms with van der Waals surface area (Å²) < 4.78 is 53.2. The van der Waals surface area contributed by atoms with Crippen LogP contribution in [-0.4, -0.2) is 50.9 Å². The molecule has 3 heterocycles. The number of alkyl halides is 3. The average molecular weight is 408 g/mol. The van der Waals surface area contributed by atoms with Gasteiger partial charge in [-0.2, -0.15) is 17.7 Å². The molecule has 0 bridgehead atoms. The molecule has 3 aromatic rings. The lowest BCUT2D eigenvalue weighted by atomic mass is 9.91. The lowest BCUT2D eigenvalue weighted by Crippen LogP contribution is -2.53. The third kappa shape index (κ3) is 3.64. The second-order valence-corrected chi connectivity index (χ2v) is 7.52. The summed E-state index contributed by atoms with van der Waals surface area (Å²) in [6, 6.07) is 9.60. The van der Waals surface area contributed by atoms with Gasteiger partial charge >= 0.3 is 6.18 Å². The molecule has 0 aliphatic carbocycles. The highest BCUT2D eigenvalue weighted by molar-refractivity contribution is 5.46. The Labute approximate surface area is 164 Å². The molecule has 1 aromatic carbocycles. The highest BCUT2D eigenvalue weighted by Crippen LogP contribution is 2.30. The molecule has 0 unspecified atom stereocenters. The van der Waals surface area contributed by atoms with Crippen LogP contribution in [0.15, 0.2) is 36.4 Å². The predicted octanol–water partition coefficient (Wildman–Crippen LogP) is 3.34. The van der Waals surface area contributed by atoms with Crippen molar-refractivity contribution in [2.45, 2.75) is 25.6 Å². The predicted molar refractivity (Wildman–Crippen MR) is 99.0 cm³/mol. The Morgan fingerprint density at radius 1 is 0.862 bits per heavy atom. The van der Waals surface area contributed by atoms with Crippen LogP contribution in [0.25, 0.3) is 5.65 Å². The van der Waals surface area contributed by atoms with E-state index in [1.54, 1.807) is 18.2 Å². The summed E-state index contributed by atoms with van der Waals surface area (Å²) in [7, 11) is 0. The largest absolute Gasteiger partial charge is 0.453 e. The van der Waals surface area contributed by atoms with Crippen LogP contribution in [0.5, 0.6) is 0 Å². The average Bonchev–Trinajstić information content (AvgIpc) is 3.12. The van der Waals surface area contributed by atoms with E-state index in [0.717, 1.165) is 10.1 Å². The molecule has 0 N–H and O–H groups in total. The normalized spacial score (nSPS) is 16.6. The minimum atomic E-state index is -4.62. The Morgan fingerprint density at radius 3 is 2.14 bits per heavy atom. The van der Waals surface area contributed by atoms with Crippen molar-refractivity contribution >= 4 is 11.5 Å². The van der Waals surface area contributed by atoms with E-state index in [2.05, 4.69) is 34.0 Å². The monoisotopic (exact) mass is 408 g/mol. The third-order valence-electron chi connectivity index (χ3n) is 5.45. The van der Waals surface area contributed by atoms with Crippen molar-refractivity contribution in [2.24, 2.45) is 0 Å². The number of piperazine rings is 1. The first-order valence-corrected chi connectivity index (χ1v) is 9.22. The molecule has 0 spiro atoms. The summed E-state index contributed by atoms with van der Waals surface area (Å²) in [6.45, 7) is 6.75. The van der Waals surface area contributed by atoms with Gasteiger partial charge in [0.15, 0.2) is 5.65 Å². The van der Waals surface area contributed by atoms with Gasteiger partial charge < -0.3 is 4.90 Å². The van der Waals surface area contributed by atoms with Crippen LogP contribution in [-0.2, 0) is 11.7 Å². The molecule has 1 aliphatic heterocycles. The summed E-state index contributed by atoms with van der Waals surface area (Å²) in [6.07, 6.45) is -4.62. The van der Waals surface area contributed by atoms with Crippen molar-refractivity contribution in [1.82, 2.24) is 24.7 Å². The summed E-state index contributed by atoms with van der Waals surface area (Å²) in [5.41, 5.74) is 0.762. The number of nitrogens with zero attached hydrogens (tertiary/aromatic N) is 6. The fraction of sp³-hybridized carbons (Fsp3) is 0.421. The number of aromatic nitrogens is 4. The molecule has 0 saturated carbocycles. The van der Waals surface area contributed by atoms with Crippen molar-refractivity contribution in [3.63, 3.8) is 0 Å². The van der Waals surface area contributed by atoms with Crippen LogP contribution in [0.1, 0.15) is 25.2 Å². The minimum absolute atomic E-state index is 0.0529. The van der Waals surface area contributed by atoms with Gasteiger partial charge in [-0.1, -0.05) is 12.1 Å². The van der Waals surface area contributed by atoms with Gasteiger partial charge in [0.2, 0.25) is 0 Å². The van der Waals surface area contributed by atoms with E-state index in [-0.39, 0.29) is 17.0 Å². The summed E-state index contributed by atoms with van der Waals surface area (Å²) in [5.74, 6) is -0.962. The molecule has 4 rings (SSSR count). The molecule has 0 atom stereocenters. The van der Waals surface area contributed by atoms with E-state index < -0.39 is 12.0 Å². The van der Waals surface area contributed by atoms with E-state index in [4.69, 9.17) is 0 Å². The quantitative estimate of drug-likeness (QED) is 0.623. The molecule has 29 heavy (non-hydrogen) atoms. The van der Waals surface area contributed by atoms with Gasteiger partial charge in [-0.05, 0) is 43.7 Å². The summed E-state index contributed by atoms with van der Waals surface area (Å²) >= 11 is 0. The third-order valence-corrected chi connectivity index (χ3v) is 5.45. The molecule has 1 aliphatic rings. The first-order valence-electron chi connectivity index (χ1n) is 9.22. The number of rotatable bonds is 3. The van der Waals surface area contributed by atoms with Gasteiger partial charge in [0.25, 0.3) is 5.82 Å². The van der Waals surface area contributed by atoms with Gasteiger partial charge in [0.05, 0.1) is 0 Å². The van der Waals surface area contributed by atoms with Crippen LogP contribution in [0.2, 0.25) is 0 Å². The summed E-state index contributed by atoms with van der Waals surface area (Å²) in [5, 5.41) is 10.9. The van der Waals surface area contributed by atoms with Gasteiger partial charge in [-0.3, -0.25) is 4.90 Å². The molecule has 6 nitrogen and oxygen atoms in total. The van der Waals surface area contributed by atoms with Crippen molar-refractivity contribution in [1.29, 1.82) is 0 Å². The first kappa shape index (κ1) is 19.6. The maximum absolute atomic E-state index is 13.2. The Kier molecular flexibility index (Phi) is 4.68. The number of hydrogen-bond donors (Lipinski definition) is 0. The minimum Gasteiger partial charge on any atom is -0.353 e. The number of hydrogen-bond acceptors (Lipinski definition) is 5. The molecular weight excluding hydrogens is 388 g/mol. The zero-order valence-electron chi connectivity index (χ0n) is 16.0. The first-order chi connectivity index (χ1) is 13.7. The highest BCUT2D eigenvalue weighted by Gasteiger charge is 2.38. The highest BCUT2D eigenvalue weighted by atomic mass is 19.4. The van der Waals surface area contributed by atoms with Crippen LogP contribution in [0, 0.1) is 5.82 Å². The van der Waals surface area contributed by atoms with Crippen molar-refractivity contribution in [3.05, 3.63) is 53.6 Å². The maximum Gasteiger partial charge on any atom is 0.453 e. The molecular formula is C19H20F4N6. The van der Waals surface area contributed by atoms with Crippen molar-refractivity contribution in [3.8, 4) is 0 Å². The van der Waals surface area contributed by atoms with Gasteiger partial charge in [-0.15, -0.1) is 15.3 Å². The zero-order chi connectivity index (χ0) is 20.8. The second kappa shape index (κ2) is 6.94. The number of anilines is 1. The summed E-state index contributed by atoms with van der Waals surface area (Å²) in [4.78, 5) is 4.21. The lowest BCUT2D eigenvalue weighted by Gasteiger charge is -2.44. The van der Waals surface area contributed by atoms with E-state index in [1.165, 1.54) is 18.2 Å². The topological polar surface area (TPSA) is 49.6 Å². The number of benzene rings is 1. The maximum atomic E-state index is 13.2. The molecule has 1 fully saturated rings. The van der Waals surface area contributed by atoms with E-state index in [1.807, 2.05) is 4.90 Å². The van der Waals surface area contributed by atoms with Gasteiger partial charge in [0.1, 0.15) is 11.6 Å². The van der Waals surface area contributed by atoms with Crippen molar-refractivity contribution < 1.29 is 17.6 Å². The lowest BCUT2D eigenvalue weighted by molar-refractivity contribution is -0.146. The SMILES string of the molecule is CC(C)(c1ccc(F)cc1)N1CCN(c2ccc3nnc(C(F)(F)F)n3n2)CC1. The molecule has 10 heteroatoms.